The van der Waals surface area contributed by atoms with Gasteiger partial charge in [-0.2, -0.15) is 4.39 Å². The van der Waals surface area contributed by atoms with Crippen molar-refractivity contribution in [2.45, 2.75) is 6.42 Å². The highest BCUT2D eigenvalue weighted by molar-refractivity contribution is 5.85. The van der Waals surface area contributed by atoms with Crippen LogP contribution in [0, 0.1) is 21.8 Å². The molecule has 1 aliphatic rings. The molecule has 7 nitrogen and oxygen atoms in total. The minimum atomic E-state index is -0.991. The Morgan fingerprint density at radius 1 is 1.55 bits per heavy atom. The Kier molecular flexibility index (Phi) is 6.51. The predicted octanol–water partition coefficient (Wildman–Crippen LogP) is 1.34. The van der Waals surface area contributed by atoms with Gasteiger partial charge >= 0.3 is 5.69 Å². The predicted molar refractivity (Wildman–Crippen MR) is 79.5 cm³/mol. The number of likely N-dealkylation sites (tertiary alicyclic amines) is 1. The van der Waals surface area contributed by atoms with Gasteiger partial charge in [-0.05, 0) is 24.9 Å². The molecule has 1 heterocycles. The number of nitro groups is 1. The van der Waals surface area contributed by atoms with E-state index >= 15 is 0 Å². The van der Waals surface area contributed by atoms with Gasteiger partial charge in [0.25, 0.3) is 5.91 Å². The van der Waals surface area contributed by atoms with Crippen molar-refractivity contribution < 1.29 is 18.8 Å². The van der Waals surface area contributed by atoms with Crippen LogP contribution in [0.25, 0.3) is 0 Å². The lowest BCUT2D eigenvalue weighted by Crippen LogP contribution is -2.33. The van der Waals surface area contributed by atoms with Gasteiger partial charge in [0.15, 0.2) is 6.61 Å². The second-order valence-corrected chi connectivity index (χ2v) is 4.89. The first-order valence-corrected chi connectivity index (χ1v) is 6.56. The van der Waals surface area contributed by atoms with E-state index in [1.165, 1.54) is 6.07 Å². The molecule has 0 saturated carbocycles. The molecule has 1 aromatic rings. The number of rotatable bonds is 5. The SMILES string of the molecule is Cl.NCC1CCN(C(=O)COc2ccc([N+](=O)[O-])c(F)c2)C1. The van der Waals surface area contributed by atoms with E-state index in [0.29, 0.717) is 25.6 Å². The number of hydrogen-bond donors (Lipinski definition) is 1. The molecule has 0 aliphatic carbocycles. The van der Waals surface area contributed by atoms with E-state index in [-0.39, 0.29) is 30.7 Å². The number of nitrogens with two attached hydrogens (primary N) is 1. The van der Waals surface area contributed by atoms with Gasteiger partial charge in [-0.3, -0.25) is 14.9 Å². The van der Waals surface area contributed by atoms with Gasteiger partial charge in [0.2, 0.25) is 5.82 Å². The van der Waals surface area contributed by atoms with Crippen molar-refractivity contribution in [1.82, 2.24) is 4.90 Å². The molecule has 22 heavy (non-hydrogen) atoms. The first-order valence-electron chi connectivity index (χ1n) is 6.56. The van der Waals surface area contributed by atoms with Crippen LogP contribution < -0.4 is 10.5 Å². The molecule has 0 aromatic heterocycles. The summed E-state index contributed by atoms with van der Waals surface area (Å²) in [5, 5.41) is 10.5. The maximum atomic E-state index is 13.4. The van der Waals surface area contributed by atoms with Gasteiger partial charge in [0, 0.05) is 25.2 Å². The largest absolute Gasteiger partial charge is 0.484 e. The number of nitrogens with zero attached hydrogens (tertiary/aromatic N) is 2. The average molecular weight is 334 g/mol. The van der Waals surface area contributed by atoms with Gasteiger partial charge in [-0.1, -0.05) is 0 Å². The monoisotopic (exact) mass is 333 g/mol. The van der Waals surface area contributed by atoms with Crippen molar-refractivity contribution in [2.24, 2.45) is 11.7 Å². The lowest BCUT2D eigenvalue weighted by atomic mass is 10.1. The standard InChI is InChI=1S/C13H16FN3O4.ClH/c14-11-5-10(1-2-12(11)17(19)20)21-8-13(18)16-4-3-9(6-15)7-16;/h1-2,5,9H,3-4,6-8,15H2;1H. The van der Waals surface area contributed by atoms with Crippen LogP contribution in [0.15, 0.2) is 18.2 Å². The first-order chi connectivity index (χ1) is 10.0. The summed E-state index contributed by atoms with van der Waals surface area (Å²) in [6.07, 6.45) is 0.869. The van der Waals surface area contributed by atoms with Crippen LogP contribution in [0.5, 0.6) is 5.75 Å². The second-order valence-electron chi connectivity index (χ2n) is 4.89. The van der Waals surface area contributed by atoms with Crippen LogP contribution in [0.3, 0.4) is 0 Å². The van der Waals surface area contributed by atoms with Crippen molar-refractivity contribution in [2.75, 3.05) is 26.2 Å². The summed E-state index contributed by atoms with van der Waals surface area (Å²) in [6, 6.07) is 3.18. The molecular formula is C13H17ClFN3O4. The molecule has 1 fully saturated rings. The highest BCUT2D eigenvalue weighted by Gasteiger charge is 2.25. The number of halogens is 2. The second kappa shape index (κ2) is 7.90. The number of carbonyl (C=O) groups excluding carboxylic acids is 1. The molecule has 1 aliphatic heterocycles. The zero-order valence-electron chi connectivity index (χ0n) is 11.7. The number of hydrogen-bond acceptors (Lipinski definition) is 5. The normalized spacial score (nSPS) is 17.0. The van der Waals surface area contributed by atoms with E-state index in [4.69, 9.17) is 10.5 Å². The van der Waals surface area contributed by atoms with Crippen molar-refractivity contribution in [3.05, 3.63) is 34.1 Å². The third-order valence-electron chi connectivity index (χ3n) is 3.45. The Hall–Kier alpha value is -1.93. The van der Waals surface area contributed by atoms with E-state index in [9.17, 15) is 19.3 Å². The summed E-state index contributed by atoms with van der Waals surface area (Å²) in [5.74, 6) is -0.800. The first kappa shape index (κ1) is 18.1. The summed E-state index contributed by atoms with van der Waals surface area (Å²) < 4.78 is 18.6. The fourth-order valence-corrected chi connectivity index (χ4v) is 2.21. The molecule has 2 rings (SSSR count). The van der Waals surface area contributed by atoms with Crippen LogP contribution in [-0.2, 0) is 4.79 Å². The molecule has 122 valence electrons. The van der Waals surface area contributed by atoms with Crippen molar-refractivity contribution >= 4 is 24.0 Å². The van der Waals surface area contributed by atoms with Crippen molar-refractivity contribution in [1.29, 1.82) is 0 Å². The molecule has 0 spiro atoms. The van der Waals surface area contributed by atoms with Gasteiger partial charge in [-0.15, -0.1) is 12.4 Å². The molecule has 2 N–H and O–H groups in total. The number of nitro benzene ring substituents is 1. The van der Waals surface area contributed by atoms with E-state index in [1.54, 1.807) is 4.90 Å². The molecular weight excluding hydrogens is 317 g/mol. The summed E-state index contributed by atoms with van der Waals surface area (Å²) >= 11 is 0. The Labute approximate surface area is 132 Å². The van der Waals surface area contributed by atoms with Gasteiger partial charge in [0.1, 0.15) is 5.75 Å². The smallest absolute Gasteiger partial charge is 0.305 e. The number of carbonyl (C=O) groups is 1. The molecule has 1 unspecified atom stereocenters. The Morgan fingerprint density at radius 3 is 2.82 bits per heavy atom. The third kappa shape index (κ3) is 4.28. The highest BCUT2D eigenvalue weighted by atomic mass is 35.5. The summed E-state index contributed by atoms with van der Waals surface area (Å²) in [4.78, 5) is 23.2. The quantitative estimate of drug-likeness (QED) is 0.647. The number of ether oxygens (including phenoxy) is 1. The molecule has 1 saturated heterocycles. The maximum Gasteiger partial charge on any atom is 0.305 e. The number of benzene rings is 1. The molecule has 1 atom stereocenters. The van der Waals surface area contributed by atoms with Crippen LogP contribution in [-0.4, -0.2) is 42.0 Å². The van der Waals surface area contributed by atoms with Crippen molar-refractivity contribution in [3.63, 3.8) is 0 Å². The topological polar surface area (TPSA) is 98.7 Å². The summed E-state index contributed by atoms with van der Waals surface area (Å²) in [6.45, 7) is 1.55. The zero-order valence-corrected chi connectivity index (χ0v) is 12.6. The summed E-state index contributed by atoms with van der Waals surface area (Å²) in [7, 11) is 0. The van der Waals surface area contributed by atoms with Crippen LogP contribution in [0.2, 0.25) is 0 Å². The van der Waals surface area contributed by atoms with E-state index in [2.05, 4.69) is 0 Å². The van der Waals surface area contributed by atoms with Crippen LogP contribution in [0.1, 0.15) is 6.42 Å². The zero-order chi connectivity index (χ0) is 15.4. The maximum absolute atomic E-state index is 13.4. The molecule has 0 bridgehead atoms. The fraction of sp³-hybridized carbons (Fsp3) is 0.462. The van der Waals surface area contributed by atoms with E-state index in [0.717, 1.165) is 18.6 Å². The van der Waals surface area contributed by atoms with Gasteiger partial charge in [-0.25, -0.2) is 0 Å². The molecule has 1 aromatic carbocycles. The van der Waals surface area contributed by atoms with Crippen LogP contribution >= 0.6 is 12.4 Å². The lowest BCUT2D eigenvalue weighted by Gasteiger charge is -2.16. The minimum absolute atomic E-state index is 0. The average Bonchev–Trinajstić information content (AvgIpc) is 2.93. The number of amides is 1. The molecule has 1 amide bonds. The third-order valence-corrected chi connectivity index (χ3v) is 3.45. The van der Waals surface area contributed by atoms with Gasteiger partial charge < -0.3 is 15.4 Å². The summed E-state index contributed by atoms with van der Waals surface area (Å²) in [5.41, 5.74) is 4.92. The van der Waals surface area contributed by atoms with E-state index < -0.39 is 16.4 Å². The Balaban J connectivity index is 0.00000242. The molecule has 0 radical (unpaired) electrons. The van der Waals surface area contributed by atoms with Crippen LogP contribution in [0.4, 0.5) is 10.1 Å². The minimum Gasteiger partial charge on any atom is -0.484 e. The van der Waals surface area contributed by atoms with Crippen molar-refractivity contribution in [3.8, 4) is 5.75 Å². The highest BCUT2D eigenvalue weighted by Crippen LogP contribution is 2.22. The van der Waals surface area contributed by atoms with E-state index in [1.807, 2.05) is 0 Å². The van der Waals surface area contributed by atoms with Gasteiger partial charge in [0.05, 0.1) is 4.92 Å². The Morgan fingerprint density at radius 2 is 2.27 bits per heavy atom. The Bertz CT molecular complexity index is 558. The fourth-order valence-electron chi connectivity index (χ4n) is 2.21. The molecule has 9 heteroatoms. The lowest BCUT2D eigenvalue weighted by molar-refractivity contribution is -0.387.